The van der Waals surface area contributed by atoms with Gasteiger partial charge in [-0.2, -0.15) is 0 Å². The first-order chi connectivity index (χ1) is 8.31. The highest BCUT2D eigenvalue weighted by Crippen LogP contribution is 2.16. The molecule has 0 amide bonds. The van der Waals surface area contributed by atoms with Crippen molar-refractivity contribution in [3.05, 3.63) is 12.4 Å². The molecule has 1 N–H and O–H groups in total. The summed E-state index contributed by atoms with van der Waals surface area (Å²) in [5.74, 6) is 2.04. The van der Waals surface area contributed by atoms with E-state index in [-0.39, 0.29) is 0 Å². The molecule has 1 saturated heterocycles. The third-order valence-corrected chi connectivity index (χ3v) is 3.17. The highest BCUT2D eigenvalue weighted by atomic mass is 15.2. The summed E-state index contributed by atoms with van der Waals surface area (Å²) in [5, 5.41) is 3.40. The Morgan fingerprint density at radius 3 is 3.06 bits per heavy atom. The topological polar surface area (TPSA) is 44.3 Å². The number of aromatic nitrogens is 2. The fourth-order valence-corrected chi connectivity index (χ4v) is 1.96. The fourth-order valence-electron chi connectivity index (χ4n) is 1.96. The predicted octanol–water partition coefficient (Wildman–Crippen LogP) is 0.732. The van der Waals surface area contributed by atoms with E-state index in [1.54, 1.807) is 6.33 Å². The SMILES string of the molecule is CCN(C)c1cc(N2CCCNCC2)ncn1. The normalized spacial score (nSPS) is 16.7. The molecule has 0 aliphatic carbocycles. The molecule has 0 bridgehead atoms. The standard InChI is InChI=1S/C12H21N5/c1-3-16(2)11-9-12(15-10-14-11)17-7-4-5-13-6-8-17/h9-10,13H,3-8H2,1-2H3. The lowest BCUT2D eigenvalue weighted by molar-refractivity contribution is 0.724. The van der Waals surface area contributed by atoms with Gasteiger partial charge in [-0.25, -0.2) is 9.97 Å². The zero-order valence-corrected chi connectivity index (χ0v) is 10.7. The molecule has 1 aliphatic heterocycles. The Bertz CT molecular complexity index is 347. The first-order valence-electron chi connectivity index (χ1n) is 6.30. The van der Waals surface area contributed by atoms with Crippen LogP contribution in [0.4, 0.5) is 11.6 Å². The lowest BCUT2D eigenvalue weighted by Crippen LogP contribution is -2.29. The molecule has 0 saturated carbocycles. The van der Waals surface area contributed by atoms with Gasteiger partial charge in [-0.1, -0.05) is 0 Å². The Kier molecular flexibility index (Phi) is 4.14. The predicted molar refractivity (Wildman–Crippen MR) is 70.7 cm³/mol. The highest BCUT2D eigenvalue weighted by molar-refractivity contribution is 5.49. The average Bonchev–Trinajstić information content (AvgIpc) is 2.67. The van der Waals surface area contributed by atoms with Gasteiger partial charge in [0, 0.05) is 39.3 Å². The Labute approximate surface area is 103 Å². The molecule has 2 rings (SSSR count). The van der Waals surface area contributed by atoms with Gasteiger partial charge in [0.15, 0.2) is 0 Å². The fraction of sp³-hybridized carbons (Fsp3) is 0.667. The summed E-state index contributed by atoms with van der Waals surface area (Å²) in [6, 6.07) is 2.08. The Morgan fingerprint density at radius 2 is 2.24 bits per heavy atom. The van der Waals surface area contributed by atoms with Crippen LogP contribution in [0.25, 0.3) is 0 Å². The molecule has 0 radical (unpaired) electrons. The molecule has 1 aliphatic rings. The maximum Gasteiger partial charge on any atom is 0.134 e. The summed E-state index contributed by atoms with van der Waals surface area (Å²) < 4.78 is 0. The van der Waals surface area contributed by atoms with Gasteiger partial charge in [0.05, 0.1) is 0 Å². The second kappa shape index (κ2) is 5.82. The van der Waals surface area contributed by atoms with E-state index in [0.29, 0.717) is 0 Å². The minimum Gasteiger partial charge on any atom is -0.360 e. The Hall–Kier alpha value is -1.36. The molecular weight excluding hydrogens is 214 g/mol. The summed E-state index contributed by atoms with van der Waals surface area (Å²) in [6.45, 7) is 7.30. The largest absolute Gasteiger partial charge is 0.360 e. The number of anilines is 2. The van der Waals surface area contributed by atoms with E-state index >= 15 is 0 Å². The van der Waals surface area contributed by atoms with Crippen LogP contribution < -0.4 is 15.1 Å². The summed E-state index contributed by atoms with van der Waals surface area (Å²) in [7, 11) is 2.05. The van der Waals surface area contributed by atoms with Crippen LogP contribution in [-0.4, -0.2) is 49.7 Å². The van der Waals surface area contributed by atoms with Crippen molar-refractivity contribution < 1.29 is 0 Å². The van der Waals surface area contributed by atoms with Crippen LogP contribution in [0.1, 0.15) is 13.3 Å². The summed E-state index contributed by atoms with van der Waals surface area (Å²) >= 11 is 0. The number of nitrogens with one attached hydrogen (secondary N) is 1. The van der Waals surface area contributed by atoms with Crippen molar-refractivity contribution in [1.29, 1.82) is 0 Å². The van der Waals surface area contributed by atoms with Gasteiger partial charge in [-0.05, 0) is 19.9 Å². The Balaban J connectivity index is 2.13. The maximum absolute atomic E-state index is 4.38. The second-order valence-corrected chi connectivity index (χ2v) is 4.34. The van der Waals surface area contributed by atoms with E-state index in [1.807, 2.05) is 0 Å². The first kappa shape index (κ1) is 12.1. The zero-order chi connectivity index (χ0) is 12.1. The van der Waals surface area contributed by atoms with Gasteiger partial charge >= 0.3 is 0 Å². The second-order valence-electron chi connectivity index (χ2n) is 4.34. The first-order valence-corrected chi connectivity index (χ1v) is 6.30. The number of hydrogen-bond acceptors (Lipinski definition) is 5. The molecular formula is C12H21N5. The lowest BCUT2D eigenvalue weighted by Gasteiger charge is -2.23. The molecule has 1 fully saturated rings. The third kappa shape index (κ3) is 3.06. The number of nitrogens with zero attached hydrogens (tertiary/aromatic N) is 4. The molecule has 0 spiro atoms. The van der Waals surface area contributed by atoms with Crippen molar-refractivity contribution >= 4 is 11.6 Å². The average molecular weight is 235 g/mol. The van der Waals surface area contributed by atoms with Crippen LogP contribution in [0, 0.1) is 0 Å². The third-order valence-electron chi connectivity index (χ3n) is 3.17. The molecule has 0 aromatic carbocycles. The van der Waals surface area contributed by atoms with E-state index < -0.39 is 0 Å². The van der Waals surface area contributed by atoms with E-state index in [2.05, 4.69) is 45.1 Å². The van der Waals surface area contributed by atoms with Crippen LogP contribution in [-0.2, 0) is 0 Å². The zero-order valence-electron chi connectivity index (χ0n) is 10.7. The van der Waals surface area contributed by atoms with E-state index in [0.717, 1.165) is 44.4 Å². The summed E-state index contributed by atoms with van der Waals surface area (Å²) in [6.07, 6.45) is 2.83. The lowest BCUT2D eigenvalue weighted by atomic mass is 10.3. The smallest absolute Gasteiger partial charge is 0.134 e. The van der Waals surface area contributed by atoms with Gasteiger partial charge in [0.2, 0.25) is 0 Å². The molecule has 17 heavy (non-hydrogen) atoms. The molecule has 1 aromatic heterocycles. The minimum absolute atomic E-state index is 0.956. The van der Waals surface area contributed by atoms with Gasteiger partial charge in [-0.3, -0.25) is 0 Å². The van der Waals surface area contributed by atoms with Crippen molar-refractivity contribution in [3.8, 4) is 0 Å². The molecule has 2 heterocycles. The number of hydrogen-bond donors (Lipinski definition) is 1. The highest BCUT2D eigenvalue weighted by Gasteiger charge is 2.12. The van der Waals surface area contributed by atoms with Crippen molar-refractivity contribution in [2.24, 2.45) is 0 Å². The maximum atomic E-state index is 4.38. The van der Waals surface area contributed by atoms with Crippen LogP contribution in [0.2, 0.25) is 0 Å². The van der Waals surface area contributed by atoms with Crippen LogP contribution in [0.5, 0.6) is 0 Å². The monoisotopic (exact) mass is 235 g/mol. The van der Waals surface area contributed by atoms with Gasteiger partial charge in [-0.15, -0.1) is 0 Å². The molecule has 5 nitrogen and oxygen atoms in total. The van der Waals surface area contributed by atoms with Crippen molar-refractivity contribution in [1.82, 2.24) is 15.3 Å². The van der Waals surface area contributed by atoms with Crippen LogP contribution in [0.15, 0.2) is 12.4 Å². The molecule has 0 atom stereocenters. The van der Waals surface area contributed by atoms with Gasteiger partial charge < -0.3 is 15.1 Å². The number of rotatable bonds is 3. The molecule has 0 unspecified atom stereocenters. The summed E-state index contributed by atoms with van der Waals surface area (Å²) in [5.41, 5.74) is 0. The molecule has 1 aromatic rings. The minimum atomic E-state index is 0.956. The van der Waals surface area contributed by atoms with E-state index in [4.69, 9.17) is 0 Å². The summed E-state index contributed by atoms with van der Waals surface area (Å²) in [4.78, 5) is 13.1. The van der Waals surface area contributed by atoms with Gasteiger partial charge in [0.25, 0.3) is 0 Å². The van der Waals surface area contributed by atoms with Crippen LogP contribution in [0.3, 0.4) is 0 Å². The van der Waals surface area contributed by atoms with E-state index in [9.17, 15) is 0 Å². The Morgan fingerprint density at radius 1 is 1.35 bits per heavy atom. The van der Waals surface area contributed by atoms with Crippen molar-refractivity contribution in [3.63, 3.8) is 0 Å². The molecule has 94 valence electrons. The van der Waals surface area contributed by atoms with E-state index in [1.165, 1.54) is 6.42 Å². The van der Waals surface area contributed by atoms with Crippen molar-refractivity contribution in [2.75, 3.05) is 49.6 Å². The molecule has 5 heteroatoms. The van der Waals surface area contributed by atoms with Gasteiger partial charge in [0.1, 0.15) is 18.0 Å². The van der Waals surface area contributed by atoms with Crippen molar-refractivity contribution in [2.45, 2.75) is 13.3 Å². The van der Waals surface area contributed by atoms with Crippen LogP contribution >= 0.6 is 0 Å². The quantitative estimate of drug-likeness (QED) is 0.837.